The molecule has 3 rings (SSSR count). The smallest absolute Gasteiger partial charge is 0.344 e. The average Bonchev–Trinajstić information content (AvgIpc) is 2.67. The molecule has 7 nitrogen and oxygen atoms in total. The number of halogens is 1. The minimum atomic E-state index is -1.07. The predicted molar refractivity (Wildman–Crippen MR) is 120 cm³/mol. The number of hydrogen-bond acceptors (Lipinski definition) is 5. The molecule has 1 heterocycles. The van der Waals surface area contributed by atoms with Crippen molar-refractivity contribution < 1.29 is 14.6 Å². The van der Waals surface area contributed by atoms with Crippen molar-refractivity contribution in [3.8, 4) is 5.75 Å². The lowest BCUT2D eigenvalue weighted by atomic mass is 9.95. The van der Waals surface area contributed by atoms with Gasteiger partial charge in [-0.15, -0.1) is 0 Å². The largest absolute Gasteiger partial charge is 0.479 e. The number of hydrogen-bond donors (Lipinski definition) is 1. The minimum absolute atomic E-state index is 0.292. The second kappa shape index (κ2) is 8.39. The number of carbonyl (C=O) groups is 1. The Morgan fingerprint density at radius 1 is 1.27 bits per heavy atom. The van der Waals surface area contributed by atoms with E-state index in [0.29, 0.717) is 28.0 Å². The Morgan fingerprint density at radius 3 is 2.63 bits per heavy atom. The highest BCUT2D eigenvalue weighted by atomic mass is 79.9. The molecular weight excluding hydrogens is 450 g/mol. The zero-order valence-electron chi connectivity index (χ0n) is 17.1. The summed E-state index contributed by atoms with van der Waals surface area (Å²) in [6.07, 6.45) is 0.457. The number of aromatic nitrogens is 2. The molecule has 0 saturated carbocycles. The second-order valence-electron chi connectivity index (χ2n) is 7.84. The van der Waals surface area contributed by atoms with Gasteiger partial charge in [0.1, 0.15) is 11.6 Å². The Labute approximate surface area is 182 Å². The van der Waals surface area contributed by atoms with Gasteiger partial charge in [0.15, 0.2) is 6.10 Å². The van der Waals surface area contributed by atoms with E-state index in [1.165, 1.54) is 17.8 Å². The molecule has 0 aliphatic carbocycles. The molecule has 0 saturated heterocycles. The number of fused-ring (bicyclic) bond motifs is 1. The van der Waals surface area contributed by atoms with E-state index in [4.69, 9.17) is 9.84 Å². The molecule has 1 aromatic heterocycles. The lowest BCUT2D eigenvalue weighted by Crippen LogP contribution is -2.29. The minimum Gasteiger partial charge on any atom is -0.479 e. The van der Waals surface area contributed by atoms with Gasteiger partial charge >= 0.3 is 5.97 Å². The molecule has 0 spiro atoms. The Balaban J connectivity index is 2.14. The normalized spacial score (nSPS) is 13.0. The van der Waals surface area contributed by atoms with Crippen molar-refractivity contribution in [1.82, 2.24) is 9.66 Å². The summed E-state index contributed by atoms with van der Waals surface area (Å²) in [7, 11) is 0. The van der Waals surface area contributed by atoms with Crippen molar-refractivity contribution in [3.05, 3.63) is 68.7 Å². The van der Waals surface area contributed by atoms with Crippen LogP contribution >= 0.6 is 15.9 Å². The lowest BCUT2D eigenvalue weighted by Gasteiger charge is -2.21. The molecule has 0 radical (unpaired) electrons. The van der Waals surface area contributed by atoms with Gasteiger partial charge in [-0.05, 0) is 37.3 Å². The molecule has 0 aliphatic heterocycles. The molecule has 0 fully saturated rings. The van der Waals surface area contributed by atoms with Crippen molar-refractivity contribution in [2.75, 3.05) is 0 Å². The van der Waals surface area contributed by atoms with Crippen LogP contribution in [0.25, 0.3) is 10.9 Å². The quantitative estimate of drug-likeness (QED) is 0.562. The van der Waals surface area contributed by atoms with Crippen LogP contribution in [-0.4, -0.2) is 33.1 Å². The van der Waals surface area contributed by atoms with E-state index in [-0.39, 0.29) is 5.56 Å². The summed E-state index contributed by atoms with van der Waals surface area (Å²) in [5, 5.41) is 14.0. The van der Waals surface area contributed by atoms with E-state index in [1.54, 1.807) is 36.4 Å². The molecule has 1 atom stereocenters. The third kappa shape index (κ3) is 4.59. The van der Waals surface area contributed by atoms with E-state index in [0.717, 1.165) is 4.47 Å². The number of carboxylic acids is 1. The maximum atomic E-state index is 13.2. The summed E-state index contributed by atoms with van der Waals surface area (Å²) in [6.45, 7) is 7.31. The maximum Gasteiger partial charge on any atom is 0.344 e. The Kier molecular flexibility index (Phi) is 6.07. The van der Waals surface area contributed by atoms with Crippen molar-refractivity contribution in [3.63, 3.8) is 0 Å². The Morgan fingerprint density at radius 2 is 1.97 bits per heavy atom. The summed E-state index contributed by atoms with van der Waals surface area (Å²) in [5.74, 6) is -0.203. The van der Waals surface area contributed by atoms with Crippen LogP contribution in [0.15, 0.2) is 56.8 Å². The molecule has 0 bridgehead atoms. The maximum absolute atomic E-state index is 13.2. The molecule has 8 heteroatoms. The van der Waals surface area contributed by atoms with Gasteiger partial charge in [0.2, 0.25) is 0 Å². The van der Waals surface area contributed by atoms with Gasteiger partial charge in [-0.2, -0.15) is 9.78 Å². The fourth-order valence-corrected chi connectivity index (χ4v) is 3.16. The molecular formula is C22H22BrN3O4. The van der Waals surface area contributed by atoms with Crippen molar-refractivity contribution >= 4 is 39.0 Å². The average molecular weight is 472 g/mol. The van der Waals surface area contributed by atoms with E-state index < -0.39 is 17.5 Å². The van der Waals surface area contributed by atoms with Gasteiger partial charge in [0.25, 0.3) is 5.56 Å². The van der Waals surface area contributed by atoms with Crippen molar-refractivity contribution in [2.45, 2.75) is 39.2 Å². The summed E-state index contributed by atoms with van der Waals surface area (Å²) in [4.78, 5) is 29.0. The molecule has 0 amide bonds. The first-order valence-corrected chi connectivity index (χ1v) is 10.1. The molecule has 156 valence electrons. The van der Waals surface area contributed by atoms with E-state index in [1.807, 2.05) is 26.8 Å². The molecule has 2 aromatic carbocycles. The van der Waals surface area contributed by atoms with E-state index >= 15 is 0 Å². The van der Waals surface area contributed by atoms with E-state index in [2.05, 4.69) is 26.0 Å². The van der Waals surface area contributed by atoms with Gasteiger partial charge < -0.3 is 9.84 Å². The number of nitrogens with zero attached hydrogens (tertiary/aromatic N) is 3. The predicted octanol–water partition coefficient (Wildman–Crippen LogP) is 4.19. The van der Waals surface area contributed by atoms with Crippen molar-refractivity contribution in [2.24, 2.45) is 5.10 Å². The third-order valence-corrected chi connectivity index (χ3v) is 4.86. The standard InChI is InChI=1S/C22H22BrN3O4/c1-13(20(28)29)30-18-8-6-5-7-14(18)12-24-26-19(27)16-11-15(23)9-10-17(16)25-21(26)22(2,3)4/h5-13H,1-4H3,(H,28,29)/t13-/m1/s1. The highest BCUT2D eigenvalue weighted by molar-refractivity contribution is 9.10. The van der Waals surface area contributed by atoms with Crippen LogP contribution in [0, 0.1) is 0 Å². The van der Waals surface area contributed by atoms with Crippen LogP contribution in [0.3, 0.4) is 0 Å². The fraction of sp³-hybridized carbons (Fsp3) is 0.273. The lowest BCUT2D eigenvalue weighted by molar-refractivity contribution is -0.144. The monoisotopic (exact) mass is 471 g/mol. The fourth-order valence-electron chi connectivity index (χ4n) is 2.80. The first-order chi connectivity index (χ1) is 14.1. The van der Waals surface area contributed by atoms with Crippen LogP contribution < -0.4 is 10.3 Å². The number of aliphatic carboxylic acids is 1. The third-order valence-electron chi connectivity index (χ3n) is 4.36. The first kappa shape index (κ1) is 21.7. The number of ether oxygens (including phenoxy) is 1. The highest BCUT2D eigenvalue weighted by Gasteiger charge is 2.23. The van der Waals surface area contributed by atoms with Crippen LogP contribution in [0.4, 0.5) is 0 Å². The van der Waals surface area contributed by atoms with Crippen LogP contribution in [-0.2, 0) is 10.2 Å². The van der Waals surface area contributed by atoms with E-state index in [9.17, 15) is 9.59 Å². The molecule has 0 aliphatic rings. The van der Waals surface area contributed by atoms with Gasteiger partial charge in [0.05, 0.1) is 17.1 Å². The van der Waals surface area contributed by atoms with Gasteiger partial charge in [-0.25, -0.2) is 9.78 Å². The van der Waals surface area contributed by atoms with Gasteiger partial charge in [-0.1, -0.05) is 48.8 Å². The van der Waals surface area contributed by atoms with Gasteiger partial charge in [0, 0.05) is 15.5 Å². The molecule has 1 N–H and O–H groups in total. The van der Waals surface area contributed by atoms with Crippen LogP contribution in [0.5, 0.6) is 5.75 Å². The second-order valence-corrected chi connectivity index (χ2v) is 8.76. The van der Waals surface area contributed by atoms with Crippen LogP contribution in [0.2, 0.25) is 0 Å². The highest BCUT2D eigenvalue weighted by Crippen LogP contribution is 2.23. The summed E-state index contributed by atoms with van der Waals surface area (Å²) in [6, 6.07) is 12.3. The molecule has 30 heavy (non-hydrogen) atoms. The number of carboxylic acid groups (broad SMARTS) is 1. The van der Waals surface area contributed by atoms with Crippen molar-refractivity contribution in [1.29, 1.82) is 0 Å². The summed E-state index contributed by atoms with van der Waals surface area (Å²) >= 11 is 3.39. The number of rotatable bonds is 5. The summed E-state index contributed by atoms with van der Waals surface area (Å²) in [5.41, 5.74) is 0.413. The molecule has 3 aromatic rings. The van der Waals surface area contributed by atoms with Crippen LogP contribution in [0.1, 0.15) is 39.1 Å². The summed E-state index contributed by atoms with van der Waals surface area (Å²) < 4.78 is 7.57. The zero-order valence-corrected chi connectivity index (χ0v) is 18.7. The number of para-hydroxylation sites is 1. The van der Waals surface area contributed by atoms with Gasteiger partial charge in [-0.3, -0.25) is 4.79 Å². The SMILES string of the molecule is C[C@@H](Oc1ccccc1C=Nn1c(C(C)(C)C)nc2ccc(Br)cc2c1=O)C(=O)O. The molecule has 0 unspecified atom stereocenters. The Bertz CT molecular complexity index is 1200. The zero-order chi connectivity index (χ0) is 22.1. The first-order valence-electron chi connectivity index (χ1n) is 9.33. The topological polar surface area (TPSA) is 93.8 Å². The Hall–Kier alpha value is -3.00. The number of benzene rings is 2.